The first kappa shape index (κ1) is 29.2. The molecule has 1 aromatic heterocycles. The van der Waals surface area contributed by atoms with Gasteiger partial charge in [0.05, 0.1) is 11.5 Å². The molecule has 37 heavy (non-hydrogen) atoms. The Labute approximate surface area is 224 Å². The third kappa shape index (κ3) is 10.1. The van der Waals surface area contributed by atoms with Crippen LogP contribution in [-0.4, -0.2) is 46.7 Å². The number of aromatic nitrogens is 1. The van der Waals surface area contributed by atoms with E-state index in [1.807, 2.05) is 52.0 Å². The zero-order valence-electron chi connectivity index (χ0n) is 22.5. The maximum Gasteiger partial charge on any atom is 0.410 e. The number of pyridine rings is 1. The molecule has 5 nitrogen and oxygen atoms in total. The van der Waals surface area contributed by atoms with Gasteiger partial charge < -0.3 is 14.4 Å². The molecule has 2 aromatic rings. The van der Waals surface area contributed by atoms with Crippen LogP contribution in [0.15, 0.2) is 47.4 Å². The summed E-state index contributed by atoms with van der Waals surface area (Å²) in [5, 5.41) is 0. The fourth-order valence-corrected chi connectivity index (χ4v) is 5.19. The van der Waals surface area contributed by atoms with Crippen molar-refractivity contribution < 1.29 is 23.0 Å². The summed E-state index contributed by atoms with van der Waals surface area (Å²) in [6.07, 6.45) is 2.24. The molecular formula is C29H40F2N2O3S. The van der Waals surface area contributed by atoms with Gasteiger partial charge in [0.15, 0.2) is 0 Å². The molecule has 1 fully saturated rings. The zero-order chi connectivity index (χ0) is 26.9. The summed E-state index contributed by atoms with van der Waals surface area (Å²) in [7, 11) is 0. The van der Waals surface area contributed by atoms with E-state index in [0.29, 0.717) is 31.9 Å². The van der Waals surface area contributed by atoms with Crippen LogP contribution in [0.25, 0.3) is 0 Å². The van der Waals surface area contributed by atoms with Gasteiger partial charge in [-0.15, -0.1) is 11.8 Å². The average molecular weight is 535 g/mol. The maximum atomic E-state index is 13.7. The van der Waals surface area contributed by atoms with E-state index in [-0.39, 0.29) is 18.9 Å². The molecule has 1 aromatic carbocycles. The van der Waals surface area contributed by atoms with Crippen LogP contribution >= 0.6 is 11.8 Å². The third-order valence-electron chi connectivity index (χ3n) is 6.24. The minimum Gasteiger partial charge on any atom is -0.477 e. The number of amides is 1. The van der Waals surface area contributed by atoms with Crippen molar-refractivity contribution in [1.29, 1.82) is 0 Å². The van der Waals surface area contributed by atoms with Gasteiger partial charge in [-0.25, -0.2) is 18.6 Å². The van der Waals surface area contributed by atoms with E-state index in [4.69, 9.17) is 9.47 Å². The van der Waals surface area contributed by atoms with Crippen molar-refractivity contribution in [3.05, 3.63) is 53.7 Å². The topological polar surface area (TPSA) is 51.7 Å². The Morgan fingerprint density at radius 2 is 1.78 bits per heavy atom. The second-order valence-electron chi connectivity index (χ2n) is 10.7. The number of aryl methyl sites for hydroxylation is 1. The van der Waals surface area contributed by atoms with Gasteiger partial charge in [-0.2, -0.15) is 0 Å². The van der Waals surface area contributed by atoms with E-state index >= 15 is 0 Å². The lowest BCUT2D eigenvalue weighted by atomic mass is 9.91. The molecule has 0 spiro atoms. The molecule has 1 aliphatic rings. The van der Waals surface area contributed by atoms with E-state index in [9.17, 15) is 13.6 Å². The minimum absolute atomic E-state index is 0.182. The maximum absolute atomic E-state index is 13.7. The van der Waals surface area contributed by atoms with Crippen LogP contribution in [-0.2, 0) is 10.5 Å². The molecule has 0 N–H and O–H groups in total. The lowest BCUT2D eigenvalue weighted by Crippen LogP contribution is -2.46. The highest BCUT2D eigenvalue weighted by Crippen LogP contribution is 2.36. The number of hydrogen-bond donors (Lipinski definition) is 0. The van der Waals surface area contributed by atoms with Crippen LogP contribution in [0.1, 0.15) is 77.0 Å². The molecule has 1 heterocycles. The normalized spacial score (nSPS) is 15.8. The SMILES string of the molecule is Cc1ccc(SCc2ccccc2)c(OCCCCCN(C(=O)OC(C)(C)C)C2CCC(F)(F)CC2)n1. The number of nitrogens with zero attached hydrogens (tertiary/aromatic N) is 2. The van der Waals surface area contributed by atoms with Gasteiger partial charge in [-0.05, 0) is 77.5 Å². The van der Waals surface area contributed by atoms with Gasteiger partial charge in [-0.3, -0.25) is 0 Å². The Hall–Kier alpha value is -2.35. The van der Waals surface area contributed by atoms with Gasteiger partial charge >= 0.3 is 6.09 Å². The molecule has 0 atom stereocenters. The van der Waals surface area contributed by atoms with E-state index in [1.165, 1.54) is 5.56 Å². The molecule has 3 rings (SSSR count). The smallest absolute Gasteiger partial charge is 0.410 e. The molecule has 0 bridgehead atoms. The fourth-order valence-electron chi connectivity index (χ4n) is 4.28. The number of alkyl halides is 2. The summed E-state index contributed by atoms with van der Waals surface area (Å²) in [4.78, 5) is 20.1. The molecule has 1 saturated carbocycles. The second kappa shape index (κ2) is 13.4. The van der Waals surface area contributed by atoms with Crippen LogP contribution in [0, 0.1) is 6.92 Å². The molecule has 8 heteroatoms. The Bertz CT molecular complexity index is 988. The summed E-state index contributed by atoms with van der Waals surface area (Å²) in [5.74, 6) is -1.13. The summed E-state index contributed by atoms with van der Waals surface area (Å²) in [6.45, 7) is 8.43. The number of benzene rings is 1. The number of thioether (sulfide) groups is 1. The monoisotopic (exact) mass is 534 g/mol. The lowest BCUT2D eigenvalue weighted by Gasteiger charge is -2.37. The Kier molecular flexibility index (Phi) is 10.6. The van der Waals surface area contributed by atoms with Crippen molar-refractivity contribution in [2.45, 2.75) is 101 Å². The molecule has 0 aliphatic heterocycles. The molecule has 0 unspecified atom stereocenters. The third-order valence-corrected chi connectivity index (χ3v) is 7.34. The van der Waals surface area contributed by atoms with Gasteiger partial charge in [0.2, 0.25) is 11.8 Å². The van der Waals surface area contributed by atoms with E-state index in [1.54, 1.807) is 16.7 Å². The number of ether oxygens (including phenoxy) is 2. The summed E-state index contributed by atoms with van der Waals surface area (Å²) in [5.41, 5.74) is 1.53. The number of halogens is 2. The summed E-state index contributed by atoms with van der Waals surface area (Å²) >= 11 is 1.71. The first-order chi connectivity index (χ1) is 17.5. The lowest BCUT2D eigenvalue weighted by molar-refractivity contribution is -0.0571. The van der Waals surface area contributed by atoms with E-state index in [0.717, 1.165) is 35.6 Å². The van der Waals surface area contributed by atoms with Crippen molar-refractivity contribution in [3.63, 3.8) is 0 Å². The van der Waals surface area contributed by atoms with Crippen molar-refractivity contribution in [2.75, 3.05) is 13.2 Å². The van der Waals surface area contributed by atoms with Crippen LogP contribution in [0.2, 0.25) is 0 Å². The van der Waals surface area contributed by atoms with Gasteiger partial charge in [0, 0.05) is 36.9 Å². The van der Waals surface area contributed by atoms with E-state index < -0.39 is 17.6 Å². The average Bonchev–Trinajstić information content (AvgIpc) is 2.83. The first-order valence-corrected chi connectivity index (χ1v) is 14.2. The standard InChI is InChI=1S/C29H40F2N2O3S/c1-22-13-14-25(37-21-23-11-7-5-8-12-23)26(32-22)35-20-10-6-9-19-33(27(34)36-28(2,3)4)24-15-17-29(30,31)18-16-24/h5,7-8,11-14,24H,6,9-10,15-21H2,1-4H3. The quantitative estimate of drug-likeness (QED) is 0.216. The number of carbonyl (C=O) groups excluding carboxylic acids is 1. The predicted molar refractivity (Wildman–Crippen MR) is 144 cm³/mol. The van der Waals surface area contributed by atoms with Gasteiger partial charge in [0.1, 0.15) is 5.60 Å². The largest absolute Gasteiger partial charge is 0.477 e. The fraction of sp³-hybridized carbons (Fsp3) is 0.586. The molecule has 204 valence electrons. The molecule has 1 amide bonds. The highest BCUT2D eigenvalue weighted by Gasteiger charge is 2.39. The number of unbranched alkanes of at least 4 members (excludes halogenated alkanes) is 2. The second-order valence-corrected chi connectivity index (χ2v) is 11.7. The van der Waals surface area contributed by atoms with E-state index in [2.05, 4.69) is 23.2 Å². The highest BCUT2D eigenvalue weighted by atomic mass is 32.2. The predicted octanol–water partition coefficient (Wildman–Crippen LogP) is 8.05. The zero-order valence-corrected chi connectivity index (χ0v) is 23.3. The molecule has 0 radical (unpaired) electrons. The Morgan fingerprint density at radius 1 is 1.08 bits per heavy atom. The van der Waals surface area contributed by atoms with Crippen molar-refractivity contribution in [3.8, 4) is 5.88 Å². The van der Waals surface area contributed by atoms with Crippen LogP contribution in [0.3, 0.4) is 0 Å². The Morgan fingerprint density at radius 3 is 2.46 bits per heavy atom. The molecule has 0 saturated heterocycles. The minimum atomic E-state index is -2.63. The highest BCUT2D eigenvalue weighted by molar-refractivity contribution is 7.98. The van der Waals surface area contributed by atoms with Gasteiger partial charge in [0.25, 0.3) is 0 Å². The molecule has 1 aliphatic carbocycles. The summed E-state index contributed by atoms with van der Waals surface area (Å²) < 4.78 is 39.0. The Balaban J connectivity index is 1.47. The van der Waals surface area contributed by atoms with Crippen LogP contribution < -0.4 is 4.74 Å². The van der Waals surface area contributed by atoms with Crippen molar-refractivity contribution >= 4 is 17.9 Å². The van der Waals surface area contributed by atoms with Gasteiger partial charge in [-0.1, -0.05) is 30.3 Å². The van der Waals surface area contributed by atoms with Crippen LogP contribution in [0.5, 0.6) is 5.88 Å². The van der Waals surface area contributed by atoms with Crippen molar-refractivity contribution in [1.82, 2.24) is 9.88 Å². The van der Waals surface area contributed by atoms with Crippen molar-refractivity contribution in [2.24, 2.45) is 0 Å². The van der Waals surface area contributed by atoms with Crippen LogP contribution in [0.4, 0.5) is 13.6 Å². The number of rotatable bonds is 11. The first-order valence-electron chi connectivity index (χ1n) is 13.2. The molecular weight excluding hydrogens is 494 g/mol. The number of carbonyl (C=O) groups is 1. The summed E-state index contributed by atoms with van der Waals surface area (Å²) in [6, 6.07) is 14.1. The number of hydrogen-bond acceptors (Lipinski definition) is 5.